The van der Waals surface area contributed by atoms with Crippen LogP contribution in [-0.4, -0.2) is 16.5 Å². The predicted molar refractivity (Wildman–Crippen MR) is 75.1 cm³/mol. The number of hydrogen-bond donors (Lipinski definition) is 1. The second kappa shape index (κ2) is 5.23. The summed E-state index contributed by atoms with van der Waals surface area (Å²) in [6, 6.07) is 4.93. The molecule has 0 aliphatic carbocycles. The Bertz CT molecular complexity index is 675. The van der Waals surface area contributed by atoms with Crippen molar-refractivity contribution in [1.29, 1.82) is 0 Å². The molecule has 100 valence electrons. The SMILES string of the molecule is CNc1ccc(Cn2c(C)csc2=O)cc1[N+](=O)[O-]. The molecule has 0 atom stereocenters. The topological polar surface area (TPSA) is 77.2 Å². The summed E-state index contributed by atoms with van der Waals surface area (Å²) in [5.41, 5.74) is 2.06. The van der Waals surface area contributed by atoms with Crippen molar-refractivity contribution in [3.63, 3.8) is 0 Å². The number of nitrogens with zero attached hydrogens (tertiary/aromatic N) is 2. The van der Waals surface area contributed by atoms with Crippen LogP contribution in [0.25, 0.3) is 0 Å². The highest BCUT2D eigenvalue weighted by Gasteiger charge is 2.14. The molecular formula is C12H13N3O3S. The van der Waals surface area contributed by atoms with E-state index in [4.69, 9.17) is 0 Å². The zero-order chi connectivity index (χ0) is 14.0. The van der Waals surface area contributed by atoms with E-state index in [-0.39, 0.29) is 10.6 Å². The first-order valence-corrected chi connectivity index (χ1v) is 6.51. The Balaban J connectivity index is 2.39. The van der Waals surface area contributed by atoms with Gasteiger partial charge in [0.05, 0.1) is 11.5 Å². The number of benzene rings is 1. The number of nitrogens with one attached hydrogen (secondary N) is 1. The van der Waals surface area contributed by atoms with Gasteiger partial charge >= 0.3 is 4.87 Å². The molecule has 0 aliphatic rings. The molecule has 0 amide bonds. The van der Waals surface area contributed by atoms with Gasteiger partial charge in [0.15, 0.2) is 0 Å². The Morgan fingerprint density at radius 3 is 2.74 bits per heavy atom. The molecule has 7 heteroatoms. The zero-order valence-corrected chi connectivity index (χ0v) is 11.4. The lowest BCUT2D eigenvalue weighted by molar-refractivity contribution is -0.384. The standard InChI is InChI=1S/C12H13N3O3S/c1-8-7-19-12(16)14(8)6-9-3-4-10(13-2)11(5-9)15(17)18/h3-5,7,13H,6H2,1-2H3. The van der Waals surface area contributed by atoms with E-state index in [2.05, 4.69) is 5.32 Å². The van der Waals surface area contributed by atoms with Crippen molar-refractivity contribution in [2.75, 3.05) is 12.4 Å². The fraction of sp³-hybridized carbons (Fsp3) is 0.250. The van der Waals surface area contributed by atoms with Crippen molar-refractivity contribution < 1.29 is 4.92 Å². The Kier molecular flexibility index (Phi) is 3.66. The average molecular weight is 279 g/mol. The van der Waals surface area contributed by atoms with Crippen LogP contribution in [0.5, 0.6) is 0 Å². The Hall–Kier alpha value is -2.15. The summed E-state index contributed by atoms with van der Waals surface area (Å²) in [6.45, 7) is 2.19. The molecule has 1 heterocycles. The summed E-state index contributed by atoms with van der Waals surface area (Å²) >= 11 is 1.13. The number of nitro groups is 1. The highest BCUT2D eigenvalue weighted by molar-refractivity contribution is 7.07. The summed E-state index contributed by atoms with van der Waals surface area (Å²) in [5, 5.41) is 15.5. The van der Waals surface area contributed by atoms with E-state index >= 15 is 0 Å². The molecule has 0 saturated heterocycles. The number of aromatic nitrogens is 1. The highest BCUT2D eigenvalue weighted by Crippen LogP contribution is 2.25. The fourth-order valence-electron chi connectivity index (χ4n) is 1.82. The Labute approximate surface area is 113 Å². The molecule has 2 aromatic rings. The van der Waals surface area contributed by atoms with Gasteiger partial charge in [0.1, 0.15) is 5.69 Å². The Morgan fingerprint density at radius 1 is 1.47 bits per heavy atom. The maximum atomic E-state index is 11.6. The lowest BCUT2D eigenvalue weighted by Crippen LogP contribution is -2.15. The first kappa shape index (κ1) is 13.3. The van der Waals surface area contributed by atoms with E-state index in [1.54, 1.807) is 29.1 Å². The molecule has 6 nitrogen and oxygen atoms in total. The first-order chi connectivity index (χ1) is 9.02. The third kappa shape index (κ3) is 2.65. The van der Waals surface area contributed by atoms with Crippen LogP contribution >= 0.6 is 11.3 Å². The minimum atomic E-state index is -0.432. The van der Waals surface area contributed by atoms with Gasteiger partial charge in [-0.25, -0.2) is 0 Å². The lowest BCUT2D eigenvalue weighted by Gasteiger charge is -2.07. The molecule has 1 aromatic heterocycles. The summed E-state index contributed by atoms with van der Waals surface area (Å²) in [6.07, 6.45) is 0. The van der Waals surface area contributed by atoms with Gasteiger partial charge in [0.2, 0.25) is 0 Å². The second-order valence-electron chi connectivity index (χ2n) is 4.09. The van der Waals surface area contributed by atoms with E-state index < -0.39 is 4.92 Å². The summed E-state index contributed by atoms with van der Waals surface area (Å²) in [4.78, 5) is 22.1. The van der Waals surface area contributed by atoms with Gasteiger partial charge in [-0.15, -0.1) is 0 Å². The molecule has 0 fully saturated rings. The molecule has 0 bridgehead atoms. The Morgan fingerprint density at radius 2 is 2.21 bits per heavy atom. The smallest absolute Gasteiger partial charge is 0.307 e. The molecule has 2 rings (SSSR count). The van der Waals surface area contributed by atoms with Gasteiger partial charge in [-0.2, -0.15) is 0 Å². The highest BCUT2D eigenvalue weighted by atomic mass is 32.1. The molecule has 0 aliphatic heterocycles. The molecule has 19 heavy (non-hydrogen) atoms. The summed E-state index contributed by atoms with van der Waals surface area (Å²) < 4.78 is 1.60. The van der Waals surface area contributed by atoms with Gasteiger partial charge in [-0.05, 0) is 18.6 Å². The molecule has 0 saturated carbocycles. The maximum absolute atomic E-state index is 11.6. The van der Waals surface area contributed by atoms with Crippen molar-refractivity contribution >= 4 is 22.7 Å². The minimum absolute atomic E-state index is 0.0148. The normalized spacial score (nSPS) is 10.4. The lowest BCUT2D eigenvalue weighted by atomic mass is 10.1. The zero-order valence-electron chi connectivity index (χ0n) is 10.5. The molecule has 0 unspecified atom stereocenters. The van der Waals surface area contributed by atoms with Crippen LogP contribution < -0.4 is 10.2 Å². The van der Waals surface area contributed by atoms with Crippen molar-refractivity contribution in [2.45, 2.75) is 13.5 Å². The molecule has 1 aromatic carbocycles. The fourth-order valence-corrected chi connectivity index (χ4v) is 2.55. The van der Waals surface area contributed by atoms with E-state index in [1.165, 1.54) is 6.07 Å². The minimum Gasteiger partial charge on any atom is -0.383 e. The number of aryl methyl sites for hydroxylation is 1. The van der Waals surface area contributed by atoms with Crippen LogP contribution in [0.1, 0.15) is 11.3 Å². The van der Waals surface area contributed by atoms with Crippen LogP contribution in [0.3, 0.4) is 0 Å². The number of thiazole rings is 1. The first-order valence-electron chi connectivity index (χ1n) is 5.63. The predicted octanol–water partition coefficient (Wildman–Crippen LogP) is 2.22. The molecular weight excluding hydrogens is 266 g/mol. The van der Waals surface area contributed by atoms with Crippen molar-refractivity contribution in [2.24, 2.45) is 0 Å². The van der Waals surface area contributed by atoms with Crippen molar-refractivity contribution in [3.8, 4) is 0 Å². The van der Waals surface area contributed by atoms with Crippen LogP contribution in [0, 0.1) is 17.0 Å². The van der Waals surface area contributed by atoms with Crippen LogP contribution in [0.4, 0.5) is 11.4 Å². The van der Waals surface area contributed by atoms with Gasteiger partial charge in [0.25, 0.3) is 5.69 Å². The monoisotopic (exact) mass is 279 g/mol. The van der Waals surface area contributed by atoms with Crippen molar-refractivity contribution in [3.05, 3.63) is 54.6 Å². The van der Waals surface area contributed by atoms with Gasteiger partial charge in [0, 0.05) is 24.2 Å². The molecule has 1 N–H and O–H groups in total. The van der Waals surface area contributed by atoms with Gasteiger partial charge < -0.3 is 5.32 Å². The van der Waals surface area contributed by atoms with Gasteiger partial charge in [-0.3, -0.25) is 19.5 Å². The quantitative estimate of drug-likeness (QED) is 0.687. The average Bonchev–Trinajstić information content (AvgIpc) is 2.70. The third-order valence-corrected chi connectivity index (χ3v) is 3.73. The summed E-state index contributed by atoms with van der Waals surface area (Å²) in [7, 11) is 1.63. The van der Waals surface area contributed by atoms with Crippen molar-refractivity contribution in [1.82, 2.24) is 4.57 Å². The number of hydrogen-bond acceptors (Lipinski definition) is 5. The number of nitro benzene ring substituents is 1. The van der Waals surface area contributed by atoms with Crippen LogP contribution in [0.15, 0.2) is 28.4 Å². The van der Waals surface area contributed by atoms with Crippen LogP contribution in [0.2, 0.25) is 0 Å². The van der Waals surface area contributed by atoms with E-state index in [9.17, 15) is 14.9 Å². The van der Waals surface area contributed by atoms with Gasteiger partial charge in [-0.1, -0.05) is 17.4 Å². The second-order valence-corrected chi connectivity index (χ2v) is 4.91. The van der Waals surface area contributed by atoms with Crippen LogP contribution in [-0.2, 0) is 6.54 Å². The number of rotatable bonds is 4. The largest absolute Gasteiger partial charge is 0.383 e. The van der Waals surface area contributed by atoms with E-state index in [1.807, 2.05) is 6.92 Å². The number of anilines is 1. The van der Waals surface area contributed by atoms with E-state index in [0.29, 0.717) is 12.2 Å². The van der Waals surface area contributed by atoms with E-state index in [0.717, 1.165) is 22.6 Å². The maximum Gasteiger partial charge on any atom is 0.307 e. The molecule has 0 spiro atoms. The third-order valence-electron chi connectivity index (χ3n) is 2.85. The summed E-state index contributed by atoms with van der Waals surface area (Å²) in [5.74, 6) is 0. The molecule has 0 radical (unpaired) electrons.